The number of carbonyl (C=O) groups is 1. The number of likely N-dealkylation sites (tertiary alicyclic amines) is 1. The molecule has 2 heterocycles. The van der Waals surface area contributed by atoms with Gasteiger partial charge < -0.3 is 9.73 Å². The first-order valence-electron chi connectivity index (χ1n) is 12.4. The number of thiocarbonyl (C=S) groups is 1. The van der Waals surface area contributed by atoms with Gasteiger partial charge in [0.1, 0.15) is 11.2 Å². The number of hydrogen-bond acceptors (Lipinski definition) is 5. The molecule has 6 nitrogen and oxygen atoms in total. The highest BCUT2D eigenvalue weighted by molar-refractivity contribution is 7.80. The van der Waals surface area contributed by atoms with Crippen molar-refractivity contribution in [3.05, 3.63) is 94.1 Å². The zero-order chi connectivity index (χ0) is 24.9. The van der Waals surface area contributed by atoms with Crippen LogP contribution in [0.5, 0.6) is 0 Å². The van der Waals surface area contributed by atoms with Crippen LogP contribution in [0.1, 0.15) is 35.2 Å². The molecule has 0 atom stereocenters. The second kappa shape index (κ2) is 11.0. The lowest BCUT2D eigenvalue weighted by atomic mass is 9.93. The lowest BCUT2D eigenvalue weighted by Gasteiger charge is -2.32. The van der Waals surface area contributed by atoms with Crippen LogP contribution < -0.4 is 16.1 Å². The first-order valence-corrected chi connectivity index (χ1v) is 12.8. The smallest absolute Gasteiger partial charge is 0.257 e. The predicted octanol–water partition coefficient (Wildman–Crippen LogP) is 4.85. The quantitative estimate of drug-likeness (QED) is 0.292. The summed E-state index contributed by atoms with van der Waals surface area (Å²) < 4.78 is 5.86. The van der Waals surface area contributed by atoms with Crippen molar-refractivity contribution < 1.29 is 9.21 Å². The van der Waals surface area contributed by atoms with Gasteiger partial charge in [-0.1, -0.05) is 42.5 Å². The van der Waals surface area contributed by atoms with E-state index in [0.717, 1.165) is 32.6 Å². The minimum absolute atomic E-state index is 0.109. The number of nitrogens with one attached hydrogen (secondary N) is 2. The van der Waals surface area contributed by atoms with E-state index in [-0.39, 0.29) is 11.3 Å². The van der Waals surface area contributed by atoms with E-state index in [1.165, 1.54) is 18.4 Å². The van der Waals surface area contributed by atoms with E-state index in [9.17, 15) is 9.59 Å². The van der Waals surface area contributed by atoms with E-state index >= 15 is 0 Å². The number of nitrogens with zero attached hydrogens (tertiary/aromatic N) is 1. The van der Waals surface area contributed by atoms with Crippen molar-refractivity contribution in [3.63, 3.8) is 0 Å². The molecule has 1 aliphatic heterocycles. The number of carbonyl (C=O) groups excluding carboxylic acids is 1. The Labute approximate surface area is 215 Å². The second-order valence-corrected chi connectivity index (χ2v) is 9.75. The summed E-state index contributed by atoms with van der Waals surface area (Å²) in [7, 11) is 0. The fourth-order valence-electron chi connectivity index (χ4n) is 4.83. The minimum Gasteiger partial charge on any atom is -0.456 e. The van der Waals surface area contributed by atoms with Gasteiger partial charge in [0.2, 0.25) is 5.43 Å². The molecule has 0 saturated carbocycles. The molecule has 184 valence electrons. The van der Waals surface area contributed by atoms with Crippen LogP contribution in [0.4, 0.5) is 0 Å². The summed E-state index contributed by atoms with van der Waals surface area (Å²) in [5.74, 6) is 0.320. The number of rotatable bonds is 6. The summed E-state index contributed by atoms with van der Waals surface area (Å²) in [5, 5.41) is 7.18. The molecule has 0 radical (unpaired) electrons. The van der Waals surface area contributed by atoms with Crippen LogP contribution in [-0.4, -0.2) is 35.6 Å². The number of hydrogen-bond donors (Lipinski definition) is 2. The van der Waals surface area contributed by atoms with Crippen LogP contribution >= 0.6 is 12.2 Å². The summed E-state index contributed by atoms with van der Waals surface area (Å²) in [6, 6.07) is 22.5. The molecule has 0 bridgehead atoms. The largest absolute Gasteiger partial charge is 0.456 e. The number of amides is 1. The molecule has 0 spiro atoms. The highest BCUT2D eigenvalue weighted by Crippen LogP contribution is 2.22. The zero-order valence-corrected chi connectivity index (χ0v) is 20.9. The third-order valence-corrected chi connectivity index (χ3v) is 7.11. The lowest BCUT2D eigenvalue weighted by Crippen LogP contribution is -2.40. The Kier molecular flexibility index (Phi) is 7.39. The van der Waals surface area contributed by atoms with E-state index < -0.39 is 0 Å². The molecule has 36 heavy (non-hydrogen) atoms. The Morgan fingerprint density at radius 3 is 2.47 bits per heavy atom. The maximum atomic E-state index is 12.7. The van der Waals surface area contributed by atoms with Crippen molar-refractivity contribution in [2.75, 3.05) is 19.6 Å². The van der Waals surface area contributed by atoms with Crippen LogP contribution in [-0.2, 0) is 6.54 Å². The van der Waals surface area contributed by atoms with E-state index in [1.807, 2.05) is 6.07 Å². The van der Waals surface area contributed by atoms with Crippen LogP contribution in [0.25, 0.3) is 21.9 Å². The SMILES string of the molecule is O=C(NC(=S)NCCC1CCN(Cc2ccccc2)CC1)c1ccc2c(=O)c3ccccc3oc2c1. The average Bonchev–Trinajstić information content (AvgIpc) is 2.90. The molecule has 1 saturated heterocycles. The molecule has 5 rings (SSSR count). The van der Waals surface area contributed by atoms with Gasteiger partial charge in [0.15, 0.2) is 5.11 Å². The number of fused-ring (bicyclic) bond motifs is 2. The molecule has 7 heteroatoms. The van der Waals surface area contributed by atoms with Crippen LogP contribution in [0.2, 0.25) is 0 Å². The molecule has 4 aromatic rings. The van der Waals surface area contributed by atoms with Crippen LogP contribution in [0.15, 0.2) is 82.0 Å². The number of para-hydroxylation sites is 1. The van der Waals surface area contributed by atoms with Crippen LogP contribution in [0, 0.1) is 5.92 Å². The summed E-state index contributed by atoms with van der Waals surface area (Å²) in [4.78, 5) is 27.9. The van der Waals surface area contributed by atoms with Crippen molar-refractivity contribution >= 4 is 45.2 Å². The Morgan fingerprint density at radius 1 is 0.944 bits per heavy atom. The highest BCUT2D eigenvalue weighted by atomic mass is 32.1. The predicted molar refractivity (Wildman–Crippen MR) is 147 cm³/mol. The van der Waals surface area contributed by atoms with Gasteiger partial charge in [0, 0.05) is 18.7 Å². The summed E-state index contributed by atoms with van der Waals surface area (Å²) in [6.07, 6.45) is 3.36. The normalized spacial score (nSPS) is 14.7. The van der Waals surface area contributed by atoms with Gasteiger partial charge in [-0.2, -0.15) is 0 Å². The summed E-state index contributed by atoms with van der Waals surface area (Å²) in [6.45, 7) is 3.94. The lowest BCUT2D eigenvalue weighted by molar-refractivity contribution is 0.0976. The molecule has 1 fully saturated rings. The number of benzene rings is 3. The van der Waals surface area contributed by atoms with Gasteiger partial charge in [-0.05, 0) is 86.4 Å². The van der Waals surface area contributed by atoms with Gasteiger partial charge in [-0.25, -0.2) is 0 Å². The van der Waals surface area contributed by atoms with E-state index in [1.54, 1.807) is 36.4 Å². The van der Waals surface area contributed by atoms with Crippen molar-refractivity contribution in [2.24, 2.45) is 5.92 Å². The maximum Gasteiger partial charge on any atom is 0.257 e. The third-order valence-electron chi connectivity index (χ3n) is 6.86. The Bertz CT molecular complexity index is 1440. The van der Waals surface area contributed by atoms with E-state index in [2.05, 4.69) is 45.9 Å². The first-order chi connectivity index (χ1) is 17.6. The van der Waals surface area contributed by atoms with Crippen molar-refractivity contribution in [2.45, 2.75) is 25.8 Å². The van der Waals surface area contributed by atoms with Gasteiger partial charge in [-0.15, -0.1) is 0 Å². The van der Waals surface area contributed by atoms with Crippen LogP contribution in [0.3, 0.4) is 0 Å². The summed E-state index contributed by atoms with van der Waals surface area (Å²) >= 11 is 5.34. The zero-order valence-electron chi connectivity index (χ0n) is 20.0. The fraction of sp³-hybridized carbons (Fsp3) is 0.276. The Morgan fingerprint density at radius 2 is 1.67 bits per heavy atom. The molecule has 3 aromatic carbocycles. The van der Waals surface area contributed by atoms with Crippen molar-refractivity contribution in [1.29, 1.82) is 0 Å². The molecule has 2 N–H and O–H groups in total. The molecule has 0 aliphatic carbocycles. The van der Waals surface area contributed by atoms with Gasteiger partial charge >= 0.3 is 0 Å². The van der Waals surface area contributed by atoms with Crippen molar-refractivity contribution in [3.8, 4) is 0 Å². The molecular weight excluding hydrogens is 470 g/mol. The van der Waals surface area contributed by atoms with Crippen molar-refractivity contribution in [1.82, 2.24) is 15.5 Å². The molecule has 0 unspecified atom stereocenters. The first kappa shape index (κ1) is 24.2. The third kappa shape index (κ3) is 5.64. The summed E-state index contributed by atoms with van der Waals surface area (Å²) in [5.41, 5.74) is 2.51. The van der Waals surface area contributed by atoms with Gasteiger partial charge in [0.05, 0.1) is 10.8 Å². The minimum atomic E-state index is -0.334. The van der Waals surface area contributed by atoms with Gasteiger partial charge in [-0.3, -0.25) is 19.8 Å². The average molecular weight is 500 g/mol. The van der Waals surface area contributed by atoms with E-state index in [0.29, 0.717) is 38.5 Å². The molecule has 1 aliphatic rings. The molecule has 1 amide bonds. The monoisotopic (exact) mass is 499 g/mol. The second-order valence-electron chi connectivity index (χ2n) is 9.34. The Hall–Kier alpha value is -3.55. The topological polar surface area (TPSA) is 74.6 Å². The van der Waals surface area contributed by atoms with E-state index in [4.69, 9.17) is 16.6 Å². The molecule has 1 aromatic heterocycles. The van der Waals surface area contributed by atoms with Gasteiger partial charge in [0.25, 0.3) is 5.91 Å². The molecular formula is C29H29N3O3S. The fourth-order valence-corrected chi connectivity index (χ4v) is 5.02. The standard InChI is InChI=1S/C29H29N3O3S/c33-27-23-8-4-5-9-25(23)35-26-18-22(10-11-24(26)27)28(34)31-29(36)30-15-12-20-13-16-32(17-14-20)19-21-6-2-1-3-7-21/h1-11,18,20H,12-17,19H2,(H2,30,31,34,36). The highest BCUT2D eigenvalue weighted by Gasteiger charge is 2.19. The Balaban J connectivity index is 1.09. The maximum absolute atomic E-state index is 12.7. The number of piperidine rings is 1.